The number of likely N-dealkylation sites (tertiary alicyclic amines) is 1. The van der Waals surface area contributed by atoms with Gasteiger partial charge in [0.15, 0.2) is 0 Å². The molecule has 0 bridgehead atoms. The second-order valence-corrected chi connectivity index (χ2v) is 11.7. The van der Waals surface area contributed by atoms with Crippen molar-refractivity contribution in [3.63, 3.8) is 0 Å². The molecule has 1 aromatic rings. The van der Waals surface area contributed by atoms with Crippen LogP contribution in [-0.4, -0.2) is 60.3 Å². The molecule has 6 nitrogen and oxygen atoms in total. The van der Waals surface area contributed by atoms with E-state index in [9.17, 15) is 9.59 Å². The monoisotopic (exact) mass is 497 g/mol. The third-order valence-electron chi connectivity index (χ3n) is 6.27. The van der Waals surface area contributed by atoms with Crippen molar-refractivity contribution in [3.05, 3.63) is 34.9 Å². The van der Waals surface area contributed by atoms with Crippen LogP contribution in [0, 0.1) is 11.3 Å². The molecule has 1 saturated heterocycles. The number of urea groups is 1. The number of carbonyl (C=O) groups excluding carboxylic acids is 2. The summed E-state index contributed by atoms with van der Waals surface area (Å²) in [7, 11) is 0. The van der Waals surface area contributed by atoms with Gasteiger partial charge in [0.25, 0.3) is 0 Å². The normalized spacial score (nSPS) is 19.3. The number of halogens is 1. The molecule has 0 spiro atoms. The van der Waals surface area contributed by atoms with Gasteiger partial charge >= 0.3 is 6.03 Å². The zero-order chi connectivity index (χ0) is 24.8. The number of piperidine rings is 1. The van der Waals surface area contributed by atoms with Crippen molar-refractivity contribution >= 4 is 35.3 Å². The van der Waals surface area contributed by atoms with Crippen molar-refractivity contribution in [1.29, 1.82) is 0 Å². The highest BCUT2D eigenvalue weighted by Crippen LogP contribution is 2.42. The molecule has 1 fully saturated rings. The van der Waals surface area contributed by atoms with Gasteiger partial charge in [0, 0.05) is 24.7 Å². The van der Waals surface area contributed by atoms with Crippen LogP contribution in [0.15, 0.2) is 24.3 Å². The summed E-state index contributed by atoms with van der Waals surface area (Å²) in [6, 6.07) is 7.09. The quantitative estimate of drug-likeness (QED) is 0.464. The van der Waals surface area contributed by atoms with Crippen LogP contribution in [0.5, 0.6) is 0 Å². The number of ether oxygens (including phenoxy) is 1. The molecular formula is C25H40ClN3O3S. The van der Waals surface area contributed by atoms with Crippen LogP contribution in [0.3, 0.4) is 0 Å². The molecule has 33 heavy (non-hydrogen) atoms. The number of hydrogen-bond acceptors (Lipinski definition) is 4. The van der Waals surface area contributed by atoms with Crippen LogP contribution in [0.2, 0.25) is 5.02 Å². The zero-order valence-electron chi connectivity index (χ0n) is 21.0. The lowest BCUT2D eigenvalue weighted by Crippen LogP contribution is -2.57. The van der Waals surface area contributed by atoms with Crippen molar-refractivity contribution in [2.75, 3.05) is 31.8 Å². The number of benzene rings is 1. The zero-order valence-corrected chi connectivity index (χ0v) is 22.6. The molecular weight excluding hydrogens is 458 g/mol. The van der Waals surface area contributed by atoms with E-state index in [1.54, 1.807) is 11.8 Å². The number of amides is 3. The molecule has 0 aliphatic carbocycles. The van der Waals surface area contributed by atoms with Gasteiger partial charge in [-0.2, -0.15) is 0 Å². The van der Waals surface area contributed by atoms with Crippen molar-refractivity contribution in [3.8, 4) is 0 Å². The number of hydrogen-bond donors (Lipinski definition) is 2. The van der Waals surface area contributed by atoms with Crippen molar-refractivity contribution in [2.45, 2.75) is 65.5 Å². The summed E-state index contributed by atoms with van der Waals surface area (Å²) in [5.41, 5.74) is 0.677. The number of carbonyl (C=O) groups is 2. The lowest BCUT2D eigenvalue weighted by atomic mass is 9.70. The fourth-order valence-electron chi connectivity index (χ4n) is 4.32. The standard InChI is InChI=1S/C25H40ClN3O3S/c1-17(2)21(28-23(31)27-14-25(5,6)32-16-33-7)22(30)29-13-12-20(24(3,4)15-29)18-8-10-19(26)11-9-18/h8-11,17,20-21H,12-16H2,1-7H3,(H2,27,28,31). The van der Waals surface area contributed by atoms with Crippen LogP contribution in [-0.2, 0) is 9.53 Å². The molecule has 1 aromatic carbocycles. The number of rotatable bonds is 9. The van der Waals surface area contributed by atoms with Crippen LogP contribution in [0.25, 0.3) is 0 Å². The molecule has 1 heterocycles. The minimum absolute atomic E-state index is 0.0268. The maximum Gasteiger partial charge on any atom is 0.315 e. The van der Waals surface area contributed by atoms with Gasteiger partial charge in [-0.25, -0.2) is 4.79 Å². The van der Waals surface area contributed by atoms with E-state index in [1.165, 1.54) is 5.56 Å². The predicted octanol–water partition coefficient (Wildman–Crippen LogP) is 5.12. The molecule has 1 aliphatic heterocycles. The average Bonchev–Trinajstić information content (AvgIpc) is 2.74. The Hall–Kier alpha value is -1.44. The van der Waals surface area contributed by atoms with Gasteiger partial charge in [0.2, 0.25) is 5.91 Å². The van der Waals surface area contributed by atoms with Crippen LogP contribution in [0.4, 0.5) is 4.79 Å². The van der Waals surface area contributed by atoms with Crippen molar-refractivity contribution < 1.29 is 14.3 Å². The first kappa shape index (κ1) is 27.8. The molecule has 3 amide bonds. The van der Waals surface area contributed by atoms with E-state index in [2.05, 4.69) is 36.6 Å². The summed E-state index contributed by atoms with van der Waals surface area (Å²) in [5, 5.41) is 6.49. The van der Waals surface area contributed by atoms with E-state index in [0.717, 1.165) is 11.4 Å². The lowest BCUT2D eigenvalue weighted by Gasteiger charge is -2.45. The Morgan fingerprint density at radius 3 is 2.45 bits per heavy atom. The number of nitrogens with one attached hydrogen (secondary N) is 2. The van der Waals surface area contributed by atoms with Crippen LogP contribution in [0.1, 0.15) is 59.4 Å². The molecule has 0 aromatic heterocycles. The minimum Gasteiger partial charge on any atom is -0.363 e. The molecule has 2 unspecified atom stereocenters. The molecule has 0 radical (unpaired) electrons. The highest BCUT2D eigenvalue weighted by Gasteiger charge is 2.40. The Morgan fingerprint density at radius 1 is 1.27 bits per heavy atom. The Morgan fingerprint density at radius 2 is 1.91 bits per heavy atom. The Kier molecular flexibility index (Phi) is 9.95. The van der Waals surface area contributed by atoms with Crippen molar-refractivity contribution in [1.82, 2.24) is 15.5 Å². The van der Waals surface area contributed by atoms with Crippen LogP contribution >= 0.6 is 23.4 Å². The molecule has 8 heteroatoms. The summed E-state index contributed by atoms with van der Waals surface area (Å²) in [6.45, 7) is 13.8. The van der Waals surface area contributed by atoms with E-state index in [0.29, 0.717) is 31.5 Å². The minimum atomic E-state index is -0.580. The van der Waals surface area contributed by atoms with Gasteiger partial charge in [0.1, 0.15) is 6.04 Å². The third kappa shape index (κ3) is 8.08. The van der Waals surface area contributed by atoms with Gasteiger partial charge in [-0.05, 0) is 61.5 Å². The highest BCUT2D eigenvalue weighted by atomic mass is 35.5. The van der Waals surface area contributed by atoms with Gasteiger partial charge in [-0.3, -0.25) is 4.79 Å². The highest BCUT2D eigenvalue weighted by molar-refractivity contribution is 7.98. The predicted molar refractivity (Wildman–Crippen MR) is 138 cm³/mol. The molecule has 2 rings (SSSR count). The fraction of sp³-hybridized carbons (Fsp3) is 0.680. The summed E-state index contributed by atoms with van der Waals surface area (Å²) >= 11 is 7.65. The Balaban J connectivity index is 2.00. The summed E-state index contributed by atoms with van der Waals surface area (Å²) in [6.07, 6.45) is 2.84. The topological polar surface area (TPSA) is 70.7 Å². The largest absolute Gasteiger partial charge is 0.363 e. The molecule has 2 atom stereocenters. The Bertz CT molecular complexity index is 799. The maximum absolute atomic E-state index is 13.4. The first-order chi connectivity index (χ1) is 15.4. The summed E-state index contributed by atoms with van der Waals surface area (Å²) in [5.74, 6) is 0.850. The second-order valence-electron chi connectivity index (χ2n) is 10.5. The fourth-order valence-corrected chi connectivity index (χ4v) is 4.89. The first-order valence-corrected chi connectivity index (χ1v) is 13.3. The third-order valence-corrected chi connectivity index (χ3v) is 6.88. The molecule has 2 N–H and O–H groups in total. The van der Waals surface area contributed by atoms with E-state index in [-0.39, 0.29) is 23.3 Å². The molecule has 1 aliphatic rings. The molecule has 0 saturated carbocycles. The van der Waals surface area contributed by atoms with E-state index in [4.69, 9.17) is 16.3 Å². The van der Waals surface area contributed by atoms with Gasteiger partial charge in [-0.15, -0.1) is 11.8 Å². The van der Waals surface area contributed by atoms with E-state index in [1.807, 2.05) is 51.0 Å². The van der Waals surface area contributed by atoms with Crippen molar-refractivity contribution in [2.24, 2.45) is 11.3 Å². The van der Waals surface area contributed by atoms with Crippen LogP contribution < -0.4 is 10.6 Å². The maximum atomic E-state index is 13.4. The van der Waals surface area contributed by atoms with Gasteiger partial charge in [-0.1, -0.05) is 51.4 Å². The van der Waals surface area contributed by atoms with E-state index < -0.39 is 11.6 Å². The number of nitrogens with zero attached hydrogens (tertiary/aromatic N) is 1. The SMILES string of the molecule is CSCOC(C)(C)CNC(=O)NC(C(=O)N1CCC(c2ccc(Cl)cc2)C(C)(C)C1)C(C)C. The number of thioether (sulfide) groups is 1. The lowest BCUT2D eigenvalue weighted by molar-refractivity contribution is -0.137. The van der Waals surface area contributed by atoms with Gasteiger partial charge in [0.05, 0.1) is 11.5 Å². The second kappa shape index (κ2) is 11.8. The Labute approximate surface area is 208 Å². The van der Waals surface area contributed by atoms with Gasteiger partial charge < -0.3 is 20.3 Å². The van der Waals surface area contributed by atoms with E-state index >= 15 is 0 Å². The first-order valence-electron chi connectivity index (χ1n) is 11.6. The smallest absolute Gasteiger partial charge is 0.315 e. The molecule has 186 valence electrons. The summed E-state index contributed by atoms with van der Waals surface area (Å²) in [4.78, 5) is 27.9. The summed E-state index contributed by atoms with van der Waals surface area (Å²) < 4.78 is 5.74. The average molecular weight is 498 g/mol.